The third-order valence-corrected chi connectivity index (χ3v) is 2.93. The molecule has 1 atom stereocenters. The summed E-state index contributed by atoms with van der Waals surface area (Å²) in [6.07, 6.45) is 0.926. The summed E-state index contributed by atoms with van der Waals surface area (Å²) in [5, 5.41) is 20.2. The number of carbonyl (C=O) groups excluding carboxylic acids is 2. The van der Waals surface area contributed by atoms with Crippen LogP contribution in [0.3, 0.4) is 0 Å². The number of phenolic OH excluding ortho intramolecular Hbond substituents is 1. The Hall–Kier alpha value is -1.88. The smallest absolute Gasteiger partial charge is 0.308 e. The lowest BCUT2D eigenvalue weighted by atomic mass is 9.94. The number of aromatic hydroxyl groups is 1. The molecule has 0 aliphatic heterocycles. The van der Waals surface area contributed by atoms with Crippen molar-refractivity contribution >= 4 is 12.3 Å². The number of aliphatic hydroxyl groups is 1. The molecule has 0 fully saturated rings. The summed E-state index contributed by atoms with van der Waals surface area (Å²) in [6, 6.07) is 4.59. The molecular weight excluding hydrogens is 260 g/mol. The van der Waals surface area contributed by atoms with E-state index < -0.39 is 11.6 Å². The zero-order valence-corrected chi connectivity index (χ0v) is 11.9. The van der Waals surface area contributed by atoms with Gasteiger partial charge in [-0.15, -0.1) is 0 Å². The van der Waals surface area contributed by atoms with Crippen LogP contribution >= 0.6 is 0 Å². The van der Waals surface area contributed by atoms with Gasteiger partial charge in [-0.3, -0.25) is 4.79 Å². The largest absolute Gasteiger partial charge is 0.508 e. The van der Waals surface area contributed by atoms with E-state index in [1.54, 1.807) is 19.9 Å². The van der Waals surface area contributed by atoms with Crippen molar-refractivity contribution in [3.8, 4) is 5.75 Å². The van der Waals surface area contributed by atoms with E-state index in [1.165, 1.54) is 19.1 Å². The summed E-state index contributed by atoms with van der Waals surface area (Å²) in [4.78, 5) is 21.8. The Morgan fingerprint density at radius 1 is 1.45 bits per heavy atom. The van der Waals surface area contributed by atoms with Gasteiger partial charge in [-0.25, -0.2) is 0 Å². The van der Waals surface area contributed by atoms with Gasteiger partial charge in [0, 0.05) is 12.0 Å². The fraction of sp³-hybridized carbons (Fsp3) is 0.467. The summed E-state index contributed by atoms with van der Waals surface area (Å²) < 4.78 is 5.00. The third-order valence-electron chi connectivity index (χ3n) is 2.93. The van der Waals surface area contributed by atoms with E-state index in [0.29, 0.717) is 5.56 Å². The van der Waals surface area contributed by atoms with Crippen LogP contribution in [0.1, 0.15) is 31.9 Å². The van der Waals surface area contributed by atoms with Gasteiger partial charge in [0.2, 0.25) is 0 Å². The van der Waals surface area contributed by atoms with Crippen molar-refractivity contribution < 1.29 is 24.5 Å². The fourth-order valence-corrected chi connectivity index (χ4v) is 1.71. The minimum atomic E-state index is -1.49. The number of esters is 1. The molecule has 1 unspecified atom stereocenters. The lowest BCUT2D eigenvalue weighted by Gasteiger charge is -2.25. The van der Waals surface area contributed by atoms with E-state index in [-0.39, 0.29) is 30.3 Å². The normalized spacial score (nSPS) is 13.8. The molecule has 0 saturated carbocycles. The van der Waals surface area contributed by atoms with Gasteiger partial charge in [-0.2, -0.15) is 0 Å². The number of aldehydes is 1. The zero-order chi connectivity index (χ0) is 15.3. The monoisotopic (exact) mass is 280 g/mol. The third kappa shape index (κ3) is 4.06. The highest BCUT2D eigenvalue weighted by Crippen LogP contribution is 2.30. The lowest BCUT2D eigenvalue weighted by Crippen LogP contribution is -2.30. The predicted molar refractivity (Wildman–Crippen MR) is 73.2 cm³/mol. The van der Waals surface area contributed by atoms with Gasteiger partial charge in [0.15, 0.2) is 0 Å². The molecule has 0 aromatic heterocycles. The standard InChI is InChI=1S/C15H20O5/c1-10(2)14(18)20-9-15(3,19)12-5-4-11(6-7-16)8-13(12)17/h4-5,7-8,10,17,19H,6,9H2,1-3H3. The highest BCUT2D eigenvalue weighted by molar-refractivity contribution is 5.71. The summed E-state index contributed by atoms with van der Waals surface area (Å²) in [7, 11) is 0. The number of hydrogen-bond acceptors (Lipinski definition) is 5. The van der Waals surface area contributed by atoms with E-state index in [0.717, 1.165) is 6.29 Å². The molecule has 20 heavy (non-hydrogen) atoms. The molecule has 0 spiro atoms. The van der Waals surface area contributed by atoms with E-state index >= 15 is 0 Å². The van der Waals surface area contributed by atoms with Crippen LogP contribution in [0, 0.1) is 5.92 Å². The van der Waals surface area contributed by atoms with Gasteiger partial charge in [0.1, 0.15) is 24.2 Å². The summed E-state index contributed by atoms with van der Waals surface area (Å²) in [5.74, 6) is -0.827. The van der Waals surface area contributed by atoms with Crippen LogP contribution in [-0.4, -0.2) is 29.1 Å². The summed E-state index contributed by atoms with van der Waals surface area (Å²) in [5.41, 5.74) is -0.589. The van der Waals surface area contributed by atoms with Crippen LogP contribution in [-0.2, 0) is 26.3 Å². The van der Waals surface area contributed by atoms with Gasteiger partial charge < -0.3 is 19.7 Å². The first-order valence-corrected chi connectivity index (χ1v) is 6.43. The van der Waals surface area contributed by atoms with E-state index in [4.69, 9.17) is 4.74 Å². The van der Waals surface area contributed by atoms with Crippen LogP contribution in [0.25, 0.3) is 0 Å². The maximum absolute atomic E-state index is 11.4. The minimum absolute atomic E-state index is 0.130. The molecule has 0 aliphatic carbocycles. The molecular formula is C15H20O5. The molecule has 0 heterocycles. The molecule has 0 amide bonds. The number of carbonyl (C=O) groups is 2. The van der Waals surface area contributed by atoms with E-state index in [9.17, 15) is 19.8 Å². The SMILES string of the molecule is CC(C)C(=O)OCC(C)(O)c1ccc(CC=O)cc1O. The maximum Gasteiger partial charge on any atom is 0.308 e. The average molecular weight is 280 g/mol. The highest BCUT2D eigenvalue weighted by Gasteiger charge is 2.28. The molecule has 2 N–H and O–H groups in total. The molecule has 0 saturated heterocycles. The second kappa shape index (κ2) is 6.52. The zero-order valence-electron chi connectivity index (χ0n) is 11.9. The Labute approximate surface area is 118 Å². The molecule has 1 aromatic rings. The van der Waals surface area contributed by atoms with Gasteiger partial charge in [-0.1, -0.05) is 26.0 Å². The van der Waals surface area contributed by atoms with Crippen LogP contribution in [0.5, 0.6) is 5.75 Å². The Morgan fingerprint density at radius 2 is 2.10 bits per heavy atom. The van der Waals surface area contributed by atoms with Crippen molar-refractivity contribution in [2.45, 2.75) is 32.8 Å². The van der Waals surface area contributed by atoms with Crippen molar-refractivity contribution in [1.29, 1.82) is 0 Å². The lowest BCUT2D eigenvalue weighted by molar-refractivity contribution is -0.154. The van der Waals surface area contributed by atoms with Crippen LogP contribution < -0.4 is 0 Å². The van der Waals surface area contributed by atoms with Gasteiger partial charge in [0.25, 0.3) is 0 Å². The van der Waals surface area contributed by atoms with Crippen LogP contribution in [0.2, 0.25) is 0 Å². The topological polar surface area (TPSA) is 83.8 Å². The fourth-order valence-electron chi connectivity index (χ4n) is 1.71. The first-order chi connectivity index (χ1) is 9.27. The highest BCUT2D eigenvalue weighted by atomic mass is 16.5. The first-order valence-electron chi connectivity index (χ1n) is 6.43. The molecule has 5 heteroatoms. The molecule has 0 radical (unpaired) electrons. The number of hydrogen-bond donors (Lipinski definition) is 2. The van der Waals surface area contributed by atoms with E-state index in [2.05, 4.69) is 0 Å². The summed E-state index contributed by atoms with van der Waals surface area (Å²) in [6.45, 7) is 4.60. The van der Waals surface area contributed by atoms with Crippen molar-refractivity contribution in [3.63, 3.8) is 0 Å². The van der Waals surface area contributed by atoms with Crippen molar-refractivity contribution in [2.75, 3.05) is 6.61 Å². The number of phenols is 1. The second-order valence-electron chi connectivity index (χ2n) is 5.26. The van der Waals surface area contributed by atoms with Gasteiger partial charge in [0.05, 0.1) is 5.92 Å². The Kier molecular flexibility index (Phi) is 5.27. The Morgan fingerprint density at radius 3 is 2.60 bits per heavy atom. The molecule has 0 aliphatic rings. The predicted octanol–water partition coefficient (Wildman–Crippen LogP) is 1.54. The minimum Gasteiger partial charge on any atom is -0.508 e. The Bertz CT molecular complexity index is 491. The van der Waals surface area contributed by atoms with E-state index in [1.807, 2.05) is 0 Å². The maximum atomic E-state index is 11.4. The number of benzene rings is 1. The molecule has 110 valence electrons. The van der Waals surface area contributed by atoms with Crippen molar-refractivity contribution in [2.24, 2.45) is 5.92 Å². The van der Waals surface area contributed by atoms with Crippen molar-refractivity contribution in [3.05, 3.63) is 29.3 Å². The quantitative estimate of drug-likeness (QED) is 0.610. The molecule has 5 nitrogen and oxygen atoms in total. The van der Waals surface area contributed by atoms with Gasteiger partial charge in [-0.05, 0) is 18.6 Å². The average Bonchev–Trinajstić information content (AvgIpc) is 2.36. The number of rotatable bonds is 6. The van der Waals surface area contributed by atoms with Crippen LogP contribution in [0.4, 0.5) is 0 Å². The Balaban J connectivity index is 2.86. The van der Waals surface area contributed by atoms with Crippen molar-refractivity contribution in [1.82, 2.24) is 0 Å². The number of ether oxygens (including phenoxy) is 1. The van der Waals surface area contributed by atoms with Crippen LogP contribution in [0.15, 0.2) is 18.2 Å². The second-order valence-corrected chi connectivity index (χ2v) is 5.26. The first kappa shape index (κ1) is 16.2. The van der Waals surface area contributed by atoms with Gasteiger partial charge >= 0.3 is 5.97 Å². The molecule has 1 aromatic carbocycles. The molecule has 1 rings (SSSR count). The summed E-state index contributed by atoms with van der Waals surface area (Å²) >= 11 is 0. The molecule has 0 bridgehead atoms.